The number of thiophene rings is 1. The quantitative estimate of drug-likeness (QED) is 0.719. The zero-order chi connectivity index (χ0) is 17.9. The molecule has 0 spiro atoms. The second kappa shape index (κ2) is 6.07. The molecule has 0 N–H and O–H groups in total. The summed E-state index contributed by atoms with van der Waals surface area (Å²) < 4.78 is 7.06. The summed E-state index contributed by atoms with van der Waals surface area (Å²) >= 11 is 1.69. The zero-order valence-electron chi connectivity index (χ0n) is 15.7. The third kappa shape index (κ3) is 2.53. The highest BCUT2D eigenvalue weighted by Crippen LogP contribution is 2.46. The molecule has 4 heteroatoms. The molecule has 3 nitrogen and oxygen atoms in total. The third-order valence-corrected chi connectivity index (χ3v) is 8.34. The summed E-state index contributed by atoms with van der Waals surface area (Å²) in [6.45, 7) is 7.91. The molecule has 138 valence electrons. The Kier molecular flexibility index (Phi) is 3.91. The van der Waals surface area contributed by atoms with Crippen LogP contribution in [0.4, 0.5) is 0 Å². The van der Waals surface area contributed by atoms with Gasteiger partial charge < -0.3 is 4.74 Å². The fourth-order valence-corrected chi connectivity index (χ4v) is 6.66. The number of ketones is 1. The molecule has 2 bridgehead atoms. The van der Waals surface area contributed by atoms with Gasteiger partial charge in [-0.3, -0.25) is 9.69 Å². The van der Waals surface area contributed by atoms with E-state index < -0.39 is 0 Å². The van der Waals surface area contributed by atoms with Crippen molar-refractivity contribution in [2.75, 3.05) is 19.7 Å². The Hall–Kier alpha value is -1.39. The largest absolute Gasteiger partial charge is 0.493 e. The first-order valence-corrected chi connectivity index (χ1v) is 10.8. The topological polar surface area (TPSA) is 29.5 Å². The molecule has 1 atom stereocenters. The SMILES string of the molecule is CC1(C)[C@H](CC(=O)c2cc3ccc4c(c3s2)CCCO4)C2CCN1CC2. The minimum absolute atomic E-state index is 0.153. The smallest absolute Gasteiger partial charge is 0.173 e. The van der Waals surface area contributed by atoms with Gasteiger partial charge in [0.2, 0.25) is 0 Å². The average molecular weight is 370 g/mol. The first kappa shape index (κ1) is 16.8. The van der Waals surface area contributed by atoms with Crippen LogP contribution in [0, 0.1) is 11.8 Å². The van der Waals surface area contributed by atoms with E-state index in [9.17, 15) is 4.79 Å². The van der Waals surface area contributed by atoms with Gasteiger partial charge in [0.15, 0.2) is 5.78 Å². The van der Waals surface area contributed by atoms with Gasteiger partial charge in [0.1, 0.15) is 5.75 Å². The number of Topliss-reactive ketones (excluding diaryl/α,β-unsaturated/α-hetero) is 1. The minimum Gasteiger partial charge on any atom is -0.493 e. The van der Waals surface area contributed by atoms with E-state index in [1.807, 2.05) is 0 Å². The van der Waals surface area contributed by atoms with Crippen LogP contribution in [0.15, 0.2) is 18.2 Å². The Balaban J connectivity index is 1.44. The Labute approximate surface area is 159 Å². The van der Waals surface area contributed by atoms with Gasteiger partial charge in [0.05, 0.1) is 11.5 Å². The Morgan fingerprint density at radius 1 is 1.31 bits per heavy atom. The van der Waals surface area contributed by atoms with E-state index in [1.54, 1.807) is 11.3 Å². The molecule has 26 heavy (non-hydrogen) atoms. The first-order valence-electron chi connectivity index (χ1n) is 10.0. The van der Waals surface area contributed by atoms with Gasteiger partial charge in [0.25, 0.3) is 0 Å². The van der Waals surface area contributed by atoms with Crippen LogP contribution in [-0.4, -0.2) is 35.9 Å². The van der Waals surface area contributed by atoms with Crippen LogP contribution < -0.4 is 4.74 Å². The van der Waals surface area contributed by atoms with Crippen molar-refractivity contribution in [1.29, 1.82) is 0 Å². The van der Waals surface area contributed by atoms with Crippen LogP contribution in [-0.2, 0) is 6.42 Å². The summed E-state index contributed by atoms with van der Waals surface area (Å²) in [5.74, 6) is 2.56. The van der Waals surface area contributed by atoms with Crippen molar-refractivity contribution in [3.8, 4) is 5.75 Å². The van der Waals surface area contributed by atoms with Crippen molar-refractivity contribution >= 4 is 27.2 Å². The molecule has 2 aromatic rings. The molecule has 0 saturated carbocycles. The van der Waals surface area contributed by atoms with Crippen LogP contribution >= 0.6 is 11.3 Å². The van der Waals surface area contributed by atoms with Crippen LogP contribution in [0.5, 0.6) is 5.75 Å². The molecular formula is C22H27NO2S. The number of carbonyl (C=O) groups is 1. The van der Waals surface area contributed by atoms with Gasteiger partial charge in [-0.1, -0.05) is 0 Å². The molecule has 6 rings (SSSR count). The third-order valence-electron chi connectivity index (χ3n) is 7.09. The number of rotatable bonds is 3. The van der Waals surface area contributed by atoms with E-state index in [-0.39, 0.29) is 5.54 Å². The van der Waals surface area contributed by atoms with Crippen molar-refractivity contribution in [3.63, 3.8) is 0 Å². The lowest BCUT2D eigenvalue weighted by molar-refractivity contribution is -0.0643. The molecule has 5 heterocycles. The van der Waals surface area contributed by atoms with E-state index in [2.05, 4.69) is 36.9 Å². The van der Waals surface area contributed by atoms with Crippen LogP contribution in [0.1, 0.15) is 54.8 Å². The normalized spacial score (nSPS) is 29.4. The van der Waals surface area contributed by atoms with Crippen molar-refractivity contribution < 1.29 is 9.53 Å². The molecule has 0 radical (unpaired) electrons. The number of hydrogen-bond acceptors (Lipinski definition) is 4. The van der Waals surface area contributed by atoms with Gasteiger partial charge in [-0.05, 0) is 88.0 Å². The highest BCUT2D eigenvalue weighted by atomic mass is 32.1. The van der Waals surface area contributed by atoms with Crippen LogP contribution in [0.25, 0.3) is 10.1 Å². The molecule has 1 aromatic carbocycles. The molecule has 4 aliphatic rings. The van der Waals surface area contributed by atoms with E-state index in [1.165, 1.54) is 41.6 Å². The van der Waals surface area contributed by atoms with Gasteiger partial charge in [0, 0.05) is 22.2 Å². The lowest BCUT2D eigenvalue weighted by Gasteiger charge is -2.56. The number of piperidine rings is 3. The van der Waals surface area contributed by atoms with Crippen LogP contribution in [0.2, 0.25) is 0 Å². The predicted molar refractivity (Wildman–Crippen MR) is 106 cm³/mol. The monoisotopic (exact) mass is 369 g/mol. The summed E-state index contributed by atoms with van der Waals surface area (Å²) in [5, 5.41) is 1.20. The highest BCUT2D eigenvalue weighted by molar-refractivity contribution is 7.21. The maximum atomic E-state index is 13.2. The maximum Gasteiger partial charge on any atom is 0.173 e. The predicted octanol–water partition coefficient (Wildman–Crippen LogP) is 4.92. The summed E-state index contributed by atoms with van der Waals surface area (Å²) in [4.78, 5) is 16.7. The summed E-state index contributed by atoms with van der Waals surface area (Å²) in [5.41, 5.74) is 1.46. The number of hydrogen-bond donors (Lipinski definition) is 0. The van der Waals surface area contributed by atoms with Crippen LogP contribution in [0.3, 0.4) is 0 Å². The van der Waals surface area contributed by atoms with Crippen molar-refractivity contribution in [3.05, 3.63) is 28.6 Å². The number of benzene rings is 1. The molecular weight excluding hydrogens is 342 g/mol. The highest BCUT2D eigenvalue weighted by Gasteiger charge is 2.48. The molecule has 0 unspecified atom stereocenters. The summed E-state index contributed by atoms with van der Waals surface area (Å²) in [6, 6.07) is 6.31. The van der Waals surface area contributed by atoms with Gasteiger partial charge >= 0.3 is 0 Å². The zero-order valence-corrected chi connectivity index (χ0v) is 16.5. The standard InChI is InChI=1S/C22H27NO2S/c1-22(2)17(14-7-9-23(22)10-8-14)13-18(24)20-12-15-5-6-19-16(21(15)26-20)4-3-11-25-19/h5-6,12,14,17H,3-4,7-11,13H2,1-2H3/t17-/m1/s1. The van der Waals surface area contributed by atoms with Crippen molar-refractivity contribution in [2.24, 2.45) is 11.8 Å². The van der Waals surface area contributed by atoms with E-state index in [4.69, 9.17) is 4.74 Å². The Morgan fingerprint density at radius 2 is 2.12 bits per heavy atom. The Bertz CT molecular complexity index is 860. The number of aryl methyl sites for hydroxylation is 1. The van der Waals surface area contributed by atoms with Gasteiger partial charge in [-0.2, -0.15) is 0 Å². The maximum absolute atomic E-state index is 13.2. The fourth-order valence-electron chi connectivity index (χ4n) is 5.49. The van der Waals surface area contributed by atoms with E-state index in [0.29, 0.717) is 18.1 Å². The second-order valence-electron chi connectivity index (χ2n) is 8.74. The minimum atomic E-state index is 0.153. The number of fused-ring (bicyclic) bond motifs is 6. The number of nitrogens with zero attached hydrogens (tertiary/aromatic N) is 1. The molecule has 4 aliphatic heterocycles. The summed E-state index contributed by atoms with van der Waals surface area (Å²) in [7, 11) is 0. The lowest BCUT2D eigenvalue weighted by atomic mass is 9.65. The number of ether oxygens (including phenoxy) is 1. The van der Waals surface area contributed by atoms with Gasteiger partial charge in [-0.25, -0.2) is 0 Å². The Morgan fingerprint density at radius 3 is 2.88 bits per heavy atom. The van der Waals surface area contributed by atoms with E-state index in [0.717, 1.165) is 36.0 Å². The average Bonchev–Trinajstić information content (AvgIpc) is 3.10. The van der Waals surface area contributed by atoms with E-state index >= 15 is 0 Å². The molecule has 0 aliphatic carbocycles. The second-order valence-corrected chi connectivity index (χ2v) is 9.79. The fraction of sp³-hybridized carbons (Fsp3) is 0.591. The molecule has 0 amide bonds. The number of carbonyl (C=O) groups excluding carboxylic acids is 1. The first-order chi connectivity index (χ1) is 12.5. The van der Waals surface area contributed by atoms with Crippen molar-refractivity contribution in [1.82, 2.24) is 4.90 Å². The molecule has 1 aromatic heterocycles. The lowest BCUT2D eigenvalue weighted by Crippen LogP contribution is -2.61. The van der Waals surface area contributed by atoms with Gasteiger partial charge in [-0.15, -0.1) is 11.3 Å². The summed E-state index contributed by atoms with van der Waals surface area (Å²) in [6.07, 6.45) is 5.35. The molecule has 3 fully saturated rings. The molecule has 3 saturated heterocycles. The van der Waals surface area contributed by atoms with Crippen molar-refractivity contribution in [2.45, 2.75) is 51.5 Å².